The molecule has 9 heteroatoms. The van der Waals surface area contributed by atoms with Gasteiger partial charge in [-0.3, -0.25) is 9.59 Å². The molecule has 6 rings (SSSR count). The Bertz CT molecular complexity index is 1420. The Morgan fingerprint density at radius 1 is 0.886 bits per heavy atom. The van der Waals surface area contributed by atoms with Crippen LogP contribution in [0.5, 0.6) is 0 Å². The fourth-order valence-corrected chi connectivity index (χ4v) is 4.69. The van der Waals surface area contributed by atoms with Crippen molar-refractivity contribution in [2.45, 2.75) is 18.9 Å². The smallest absolute Gasteiger partial charge is 0.276 e. The lowest BCUT2D eigenvalue weighted by Gasteiger charge is -2.34. The molecule has 2 aromatic heterocycles. The highest BCUT2D eigenvalue weighted by molar-refractivity contribution is 6.35. The molecule has 8 nitrogen and oxygen atoms in total. The fraction of sp³-hybridized carbons (Fsp3) is 0.269. The third-order valence-electron chi connectivity index (χ3n) is 6.58. The van der Waals surface area contributed by atoms with E-state index >= 15 is 0 Å². The van der Waals surface area contributed by atoms with Gasteiger partial charge in [0, 0.05) is 42.7 Å². The first kappa shape index (κ1) is 21.7. The molecule has 0 radical (unpaired) electrons. The van der Waals surface area contributed by atoms with Gasteiger partial charge in [0.25, 0.3) is 11.8 Å². The van der Waals surface area contributed by atoms with E-state index in [1.165, 1.54) is 0 Å². The first-order valence-corrected chi connectivity index (χ1v) is 12.1. The number of pyridine rings is 1. The maximum absolute atomic E-state index is 13.3. The molecule has 1 saturated carbocycles. The van der Waals surface area contributed by atoms with Crippen LogP contribution >= 0.6 is 11.6 Å². The Labute approximate surface area is 207 Å². The molecule has 1 saturated heterocycles. The lowest BCUT2D eigenvalue weighted by molar-refractivity contribution is 0.0532. The lowest BCUT2D eigenvalue weighted by Crippen LogP contribution is -2.50. The van der Waals surface area contributed by atoms with E-state index in [-0.39, 0.29) is 11.8 Å². The zero-order valence-corrected chi connectivity index (χ0v) is 19.7. The minimum atomic E-state index is -0.137. The van der Waals surface area contributed by atoms with Gasteiger partial charge in [0.2, 0.25) is 0 Å². The van der Waals surface area contributed by atoms with Crippen LogP contribution in [0.2, 0.25) is 5.02 Å². The topological polar surface area (TPSA) is 84.2 Å². The number of piperazine rings is 1. The molecule has 2 fully saturated rings. The predicted octanol–water partition coefficient (Wildman–Crippen LogP) is 4.08. The van der Waals surface area contributed by atoms with Gasteiger partial charge in [-0.05, 0) is 31.0 Å². The molecule has 2 amide bonds. The monoisotopic (exact) mass is 486 g/mol. The van der Waals surface area contributed by atoms with Crippen molar-refractivity contribution in [3.63, 3.8) is 0 Å². The number of benzene rings is 2. The van der Waals surface area contributed by atoms with Crippen LogP contribution in [0.25, 0.3) is 22.2 Å². The SMILES string of the molecule is O=C(c1ccc2c(Cl)cc(-c3ccccc3)nc2c1)N1CCN(C(=O)c2cn(C3CC3)nn2)CC1. The highest BCUT2D eigenvalue weighted by Crippen LogP contribution is 2.34. The fourth-order valence-electron chi connectivity index (χ4n) is 4.43. The highest BCUT2D eigenvalue weighted by atomic mass is 35.5. The summed E-state index contributed by atoms with van der Waals surface area (Å²) in [7, 11) is 0. The number of carbonyl (C=O) groups is 2. The number of rotatable bonds is 4. The summed E-state index contributed by atoms with van der Waals surface area (Å²) in [5.41, 5.74) is 3.32. The number of fused-ring (bicyclic) bond motifs is 1. The van der Waals surface area contributed by atoms with Crippen molar-refractivity contribution < 1.29 is 9.59 Å². The normalized spacial score (nSPS) is 16.0. The second kappa shape index (κ2) is 8.78. The second-order valence-electron chi connectivity index (χ2n) is 8.99. The molecule has 0 bridgehead atoms. The average molecular weight is 487 g/mol. The Hall–Kier alpha value is -3.78. The Morgan fingerprint density at radius 3 is 2.31 bits per heavy atom. The number of hydrogen-bond acceptors (Lipinski definition) is 5. The van der Waals surface area contributed by atoms with Crippen molar-refractivity contribution in [2.75, 3.05) is 26.2 Å². The van der Waals surface area contributed by atoms with Gasteiger partial charge in [0.05, 0.1) is 28.5 Å². The average Bonchev–Trinajstić information content (AvgIpc) is 3.64. The minimum absolute atomic E-state index is 0.0817. The number of carbonyl (C=O) groups excluding carboxylic acids is 2. The minimum Gasteiger partial charge on any atom is -0.335 e. The van der Waals surface area contributed by atoms with Gasteiger partial charge in [0.1, 0.15) is 0 Å². The summed E-state index contributed by atoms with van der Waals surface area (Å²) in [4.78, 5) is 34.3. The van der Waals surface area contributed by atoms with Gasteiger partial charge in [0.15, 0.2) is 5.69 Å². The molecule has 0 atom stereocenters. The molecule has 2 aliphatic rings. The summed E-state index contributed by atoms with van der Waals surface area (Å²) < 4.78 is 1.77. The van der Waals surface area contributed by atoms with Crippen LogP contribution in [0.15, 0.2) is 60.8 Å². The van der Waals surface area contributed by atoms with Crippen LogP contribution in [0.1, 0.15) is 39.7 Å². The van der Waals surface area contributed by atoms with E-state index in [2.05, 4.69) is 10.3 Å². The van der Waals surface area contributed by atoms with Crippen LogP contribution in [-0.4, -0.2) is 67.8 Å². The molecule has 2 aromatic carbocycles. The molecular weight excluding hydrogens is 464 g/mol. The van der Waals surface area contributed by atoms with Crippen LogP contribution in [0.4, 0.5) is 0 Å². The number of nitrogens with zero attached hydrogens (tertiary/aromatic N) is 6. The van der Waals surface area contributed by atoms with E-state index in [0.29, 0.717) is 54.0 Å². The van der Waals surface area contributed by atoms with Crippen molar-refractivity contribution in [1.29, 1.82) is 0 Å². The molecule has 0 N–H and O–H groups in total. The van der Waals surface area contributed by atoms with Crippen molar-refractivity contribution >= 4 is 34.3 Å². The van der Waals surface area contributed by atoms with Crippen molar-refractivity contribution in [1.82, 2.24) is 29.8 Å². The molecule has 1 aliphatic carbocycles. The summed E-state index contributed by atoms with van der Waals surface area (Å²) >= 11 is 6.53. The summed E-state index contributed by atoms with van der Waals surface area (Å²) in [6, 6.07) is 17.5. The van der Waals surface area contributed by atoms with E-state index in [1.807, 2.05) is 42.5 Å². The summed E-state index contributed by atoms with van der Waals surface area (Å²) in [6.45, 7) is 1.82. The van der Waals surface area contributed by atoms with Crippen LogP contribution < -0.4 is 0 Å². The van der Waals surface area contributed by atoms with E-state index < -0.39 is 0 Å². The number of amides is 2. The van der Waals surface area contributed by atoms with Gasteiger partial charge >= 0.3 is 0 Å². The zero-order valence-electron chi connectivity index (χ0n) is 19.0. The summed E-state index contributed by atoms with van der Waals surface area (Å²) in [5, 5.41) is 9.51. The maximum atomic E-state index is 13.3. The Balaban J connectivity index is 1.17. The molecule has 176 valence electrons. The van der Waals surface area contributed by atoms with Crippen LogP contribution in [-0.2, 0) is 0 Å². The number of halogens is 1. The van der Waals surface area contributed by atoms with Crippen molar-refractivity contribution in [3.8, 4) is 11.3 Å². The molecule has 0 spiro atoms. The summed E-state index contributed by atoms with van der Waals surface area (Å²) in [5.74, 6) is -0.219. The van der Waals surface area contributed by atoms with E-state index in [1.54, 1.807) is 32.8 Å². The van der Waals surface area contributed by atoms with E-state index in [0.717, 1.165) is 29.5 Å². The first-order valence-electron chi connectivity index (χ1n) is 11.7. The van der Waals surface area contributed by atoms with Gasteiger partial charge in [-0.2, -0.15) is 0 Å². The second-order valence-corrected chi connectivity index (χ2v) is 9.39. The third-order valence-corrected chi connectivity index (χ3v) is 6.89. The summed E-state index contributed by atoms with van der Waals surface area (Å²) in [6.07, 6.45) is 3.90. The van der Waals surface area contributed by atoms with E-state index in [4.69, 9.17) is 16.6 Å². The van der Waals surface area contributed by atoms with Crippen molar-refractivity contribution in [2.24, 2.45) is 0 Å². The maximum Gasteiger partial charge on any atom is 0.276 e. The molecular formula is C26H23ClN6O2. The Morgan fingerprint density at radius 2 is 1.60 bits per heavy atom. The van der Waals surface area contributed by atoms with Crippen molar-refractivity contribution in [3.05, 3.63) is 77.1 Å². The molecule has 3 heterocycles. The van der Waals surface area contributed by atoms with Gasteiger partial charge < -0.3 is 9.80 Å². The largest absolute Gasteiger partial charge is 0.335 e. The highest BCUT2D eigenvalue weighted by Gasteiger charge is 2.29. The Kier molecular flexibility index (Phi) is 5.45. The van der Waals surface area contributed by atoms with Crippen LogP contribution in [0.3, 0.4) is 0 Å². The van der Waals surface area contributed by atoms with Gasteiger partial charge in [-0.1, -0.05) is 53.2 Å². The molecule has 0 unspecified atom stereocenters. The number of aromatic nitrogens is 4. The zero-order chi connectivity index (χ0) is 23.9. The van der Waals surface area contributed by atoms with Gasteiger partial charge in [-0.25, -0.2) is 9.67 Å². The number of hydrogen-bond donors (Lipinski definition) is 0. The molecule has 1 aliphatic heterocycles. The standard InChI is InChI=1S/C26H23ClN6O2/c27-21-15-22(17-4-2-1-3-5-17)28-23-14-18(6-9-20(21)23)25(34)31-10-12-32(13-11-31)26(35)24-16-33(30-29-24)19-7-8-19/h1-6,9,14-16,19H,7-8,10-13H2. The molecule has 35 heavy (non-hydrogen) atoms. The molecule has 4 aromatic rings. The van der Waals surface area contributed by atoms with E-state index in [9.17, 15) is 9.59 Å². The van der Waals surface area contributed by atoms with Gasteiger partial charge in [-0.15, -0.1) is 5.10 Å². The predicted molar refractivity (Wildman–Crippen MR) is 132 cm³/mol. The quantitative estimate of drug-likeness (QED) is 0.434. The lowest BCUT2D eigenvalue weighted by atomic mass is 10.1. The third kappa shape index (κ3) is 4.25. The first-order chi connectivity index (χ1) is 17.1. The van der Waals surface area contributed by atoms with Crippen LogP contribution in [0, 0.1) is 0 Å².